The van der Waals surface area contributed by atoms with Gasteiger partial charge in [-0.05, 0) is 75.2 Å². The van der Waals surface area contributed by atoms with E-state index >= 15 is 0 Å². The first kappa shape index (κ1) is 15.8. The van der Waals surface area contributed by atoms with Gasteiger partial charge in [-0.3, -0.25) is 9.88 Å². The highest BCUT2D eigenvalue weighted by atomic mass is 15.1. The summed E-state index contributed by atoms with van der Waals surface area (Å²) in [5.74, 6) is 0.678. The van der Waals surface area contributed by atoms with Crippen LogP contribution in [0.2, 0.25) is 0 Å². The molecule has 3 nitrogen and oxygen atoms in total. The monoisotopic (exact) mass is 343 g/mol. The van der Waals surface area contributed by atoms with E-state index in [-0.39, 0.29) is 0 Å². The molecular weight excluding hydrogens is 318 g/mol. The molecule has 0 spiro atoms. The lowest BCUT2D eigenvalue weighted by molar-refractivity contribution is 0.220. The average Bonchev–Trinajstić information content (AvgIpc) is 2.78. The smallest absolute Gasteiger partial charge is 0.0529 e. The zero-order valence-corrected chi connectivity index (χ0v) is 15.6. The topological polar surface area (TPSA) is 21.1 Å². The molecule has 0 N–H and O–H groups in total. The fraction of sp³-hybridized carbons (Fsp3) is 0.348. The van der Waals surface area contributed by atoms with Crippen molar-refractivity contribution in [3.8, 4) is 0 Å². The van der Waals surface area contributed by atoms with Gasteiger partial charge in [-0.25, -0.2) is 0 Å². The molecule has 26 heavy (non-hydrogen) atoms. The Morgan fingerprint density at radius 2 is 1.92 bits per heavy atom. The number of hydrogen-bond donors (Lipinski definition) is 0. The second-order valence-corrected chi connectivity index (χ2v) is 7.85. The van der Waals surface area contributed by atoms with E-state index in [2.05, 4.69) is 64.0 Å². The standard InChI is InChI=1S/C23H25N3/c1-16-3-6-22-20(13-16)21-15-25-10-8-19(9-11-25)23(21)26(22)12-7-18-5-4-17(2)24-14-18/h3-7,12-14,19H,8-11,15H2,1-2H3. The summed E-state index contributed by atoms with van der Waals surface area (Å²) in [6.07, 6.45) is 8.97. The number of fused-ring (bicyclic) bond motifs is 3. The zero-order chi connectivity index (χ0) is 17.7. The van der Waals surface area contributed by atoms with Gasteiger partial charge >= 0.3 is 0 Å². The van der Waals surface area contributed by atoms with Crippen LogP contribution < -0.4 is 0 Å². The van der Waals surface area contributed by atoms with E-state index < -0.39 is 0 Å². The summed E-state index contributed by atoms with van der Waals surface area (Å²) in [5.41, 5.74) is 7.99. The predicted octanol–water partition coefficient (Wildman–Crippen LogP) is 4.97. The van der Waals surface area contributed by atoms with Crippen LogP contribution in [0.3, 0.4) is 0 Å². The van der Waals surface area contributed by atoms with Crippen LogP contribution in [-0.4, -0.2) is 27.5 Å². The van der Waals surface area contributed by atoms with Gasteiger partial charge in [0.1, 0.15) is 0 Å². The Hall–Kier alpha value is -2.39. The number of aromatic nitrogens is 2. The van der Waals surface area contributed by atoms with Gasteiger partial charge in [0.2, 0.25) is 0 Å². The van der Waals surface area contributed by atoms with E-state index in [1.807, 2.05) is 13.1 Å². The molecule has 0 radical (unpaired) electrons. The van der Waals surface area contributed by atoms with Crippen molar-refractivity contribution in [2.24, 2.45) is 0 Å². The number of benzene rings is 1. The maximum atomic E-state index is 4.43. The molecule has 3 aliphatic heterocycles. The van der Waals surface area contributed by atoms with E-state index in [4.69, 9.17) is 0 Å². The maximum Gasteiger partial charge on any atom is 0.0529 e. The molecule has 0 unspecified atom stereocenters. The van der Waals surface area contributed by atoms with Crippen LogP contribution in [0, 0.1) is 13.8 Å². The molecule has 0 atom stereocenters. The number of aryl methyl sites for hydroxylation is 2. The van der Waals surface area contributed by atoms with Crippen LogP contribution in [0.5, 0.6) is 0 Å². The van der Waals surface area contributed by atoms with E-state index in [1.54, 1.807) is 11.3 Å². The highest BCUT2D eigenvalue weighted by molar-refractivity contribution is 5.89. The number of pyridine rings is 1. The first-order valence-corrected chi connectivity index (χ1v) is 9.65. The molecule has 3 aliphatic rings. The van der Waals surface area contributed by atoms with Crippen LogP contribution in [0.4, 0.5) is 0 Å². The highest BCUT2D eigenvalue weighted by Gasteiger charge is 2.32. The Bertz CT molecular complexity index is 986. The Morgan fingerprint density at radius 1 is 1.08 bits per heavy atom. The molecule has 1 fully saturated rings. The third-order valence-corrected chi connectivity index (χ3v) is 6.01. The predicted molar refractivity (Wildman–Crippen MR) is 108 cm³/mol. The first-order valence-electron chi connectivity index (χ1n) is 9.65. The molecule has 0 saturated carbocycles. The molecule has 132 valence electrons. The third kappa shape index (κ3) is 2.58. The summed E-state index contributed by atoms with van der Waals surface area (Å²) in [6, 6.07) is 11.1. The van der Waals surface area contributed by atoms with Crippen molar-refractivity contribution in [1.29, 1.82) is 0 Å². The zero-order valence-electron chi connectivity index (χ0n) is 15.6. The van der Waals surface area contributed by atoms with Crippen LogP contribution in [0.25, 0.3) is 23.2 Å². The Kier molecular flexibility index (Phi) is 3.71. The molecular formula is C23H25N3. The van der Waals surface area contributed by atoms with Gasteiger partial charge in [-0.15, -0.1) is 0 Å². The van der Waals surface area contributed by atoms with Crippen LogP contribution >= 0.6 is 0 Å². The molecule has 3 aromatic rings. The van der Waals surface area contributed by atoms with Gasteiger partial charge in [-0.1, -0.05) is 17.7 Å². The fourth-order valence-corrected chi connectivity index (χ4v) is 4.61. The normalized spacial score (nSPS) is 22.1. The molecule has 0 amide bonds. The lowest BCUT2D eigenvalue weighted by Crippen LogP contribution is -2.29. The molecule has 6 rings (SSSR count). The average molecular weight is 343 g/mol. The third-order valence-electron chi connectivity index (χ3n) is 6.01. The quantitative estimate of drug-likeness (QED) is 0.655. The van der Waals surface area contributed by atoms with Gasteiger partial charge in [0.25, 0.3) is 0 Å². The van der Waals surface area contributed by atoms with Crippen molar-refractivity contribution in [2.45, 2.75) is 39.2 Å². The largest absolute Gasteiger partial charge is 0.320 e. The first-order chi connectivity index (χ1) is 12.7. The van der Waals surface area contributed by atoms with Crippen molar-refractivity contribution in [2.75, 3.05) is 13.1 Å². The summed E-state index contributed by atoms with van der Waals surface area (Å²) >= 11 is 0. The summed E-state index contributed by atoms with van der Waals surface area (Å²) in [4.78, 5) is 7.05. The second kappa shape index (κ2) is 6.10. The van der Waals surface area contributed by atoms with E-state index in [9.17, 15) is 0 Å². The molecule has 5 heterocycles. The van der Waals surface area contributed by atoms with Crippen molar-refractivity contribution in [3.63, 3.8) is 0 Å². The van der Waals surface area contributed by atoms with E-state index in [1.165, 1.54) is 42.4 Å². The second-order valence-electron chi connectivity index (χ2n) is 7.85. The molecule has 3 heteroatoms. The molecule has 1 aromatic carbocycles. The van der Waals surface area contributed by atoms with Gasteiger partial charge in [0.15, 0.2) is 0 Å². The lowest BCUT2D eigenvalue weighted by Gasteiger charge is -2.27. The Morgan fingerprint density at radius 3 is 2.69 bits per heavy atom. The van der Waals surface area contributed by atoms with Crippen molar-refractivity contribution < 1.29 is 0 Å². The number of rotatable bonds is 2. The molecule has 2 bridgehead atoms. The number of nitrogens with zero attached hydrogens (tertiary/aromatic N) is 3. The minimum Gasteiger partial charge on any atom is -0.320 e. The summed E-state index contributed by atoms with van der Waals surface area (Å²) in [7, 11) is 0. The van der Waals surface area contributed by atoms with E-state index in [0.717, 1.165) is 17.8 Å². The highest BCUT2D eigenvalue weighted by Crippen LogP contribution is 2.41. The summed E-state index contributed by atoms with van der Waals surface area (Å²) < 4.78 is 2.46. The van der Waals surface area contributed by atoms with Crippen LogP contribution in [0.1, 0.15) is 46.8 Å². The van der Waals surface area contributed by atoms with Gasteiger partial charge in [0, 0.05) is 41.6 Å². The minimum atomic E-state index is 0.678. The number of piperidine rings is 1. The molecule has 0 aliphatic carbocycles. The van der Waals surface area contributed by atoms with Crippen LogP contribution in [0.15, 0.2) is 36.5 Å². The van der Waals surface area contributed by atoms with Crippen molar-refractivity contribution >= 4 is 23.2 Å². The molecule has 2 aromatic heterocycles. The summed E-state index contributed by atoms with van der Waals surface area (Å²) in [6.45, 7) is 7.79. The van der Waals surface area contributed by atoms with Gasteiger partial charge < -0.3 is 4.57 Å². The maximum absolute atomic E-state index is 4.43. The summed E-state index contributed by atoms with van der Waals surface area (Å²) in [5, 5.41) is 1.44. The van der Waals surface area contributed by atoms with Gasteiger partial charge in [-0.2, -0.15) is 0 Å². The number of hydrogen-bond acceptors (Lipinski definition) is 2. The van der Waals surface area contributed by atoms with E-state index in [0.29, 0.717) is 5.92 Å². The minimum absolute atomic E-state index is 0.678. The van der Waals surface area contributed by atoms with Crippen LogP contribution in [-0.2, 0) is 6.54 Å². The van der Waals surface area contributed by atoms with Gasteiger partial charge in [0.05, 0.1) is 5.52 Å². The lowest BCUT2D eigenvalue weighted by atomic mass is 9.94. The Balaban J connectivity index is 1.69. The van der Waals surface area contributed by atoms with Crippen molar-refractivity contribution in [3.05, 3.63) is 64.6 Å². The Labute approximate surface area is 155 Å². The fourth-order valence-electron chi connectivity index (χ4n) is 4.61. The van der Waals surface area contributed by atoms with Crippen molar-refractivity contribution in [1.82, 2.24) is 14.5 Å². The molecule has 1 saturated heterocycles. The SMILES string of the molecule is Cc1ccc2c(c1)c1c(n2C=Cc2ccc(C)nc2)C2CCN(CC2)C1.